The fourth-order valence-electron chi connectivity index (χ4n) is 3.07. The van der Waals surface area contributed by atoms with Crippen LogP contribution in [0.4, 0.5) is 0 Å². The second-order valence-electron chi connectivity index (χ2n) is 6.33. The van der Waals surface area contributed by atoms with Crippen molar-refractivity contribution in [1.29, 1.82) is 0 Å². The standard InChI is InChI=1S/C19H25N3O2S/c1-3-15-12-17(14(2)21-19(15)23)18-7-6-16(25-18)13-20-24-11-10-22-8-4-5-9-22/h6-7,12-13H,3-5,8-11H2,1-2H3,(H,21,23)/b20-13+. The third kappa shape index (κ3) is 4.58. The summed E-state index contributed by atoms with van der Waals surface area (Å²) in [6, 6.07) is 6.09. The molecule has 0 saturated carbocycles. The van der Waals surface area contributed by atoms with Crippen LogP contribution in [0.3, 0.4) is 0 Å². The number of H-pyrrole nitrogens is 1. The minimum absolute atomic E-state index is 0.00787. The maximum absolute atomic E-state index is 11.9. The summed E-state index contributed by atoms with van der Waals surface area (Å²) in [6.07, 6.45) is 5.09. The number of aromatic nitrogens is 1. The summed E-state index contributed by atoms with van der Waals surface area (Å²) in [5, 5.41) is 4.08. The van der Waals surface area contributed by atoms with Gasteiger partial charge in [0.2, 0.25) is 0 Å². The highest BCUT2D eigenvalue weighted by Crippen LogP contribution is 2.29. The van der Waals surface area contributed by atoms with E-state index in [2.05, 4.69) is 21.1 Å². The average Bonchev–Trinajstić information content (AvgIpc) is 3.26. The number of hydrogen-bond acceptors (Lipinski definition) is 5. The summed E-state index contributed by atoms with van der Waals surface area (Å²) in [7, 11) is 0. The number of thiophene rings is 1. The van der Waals surface area contributed by atoms with Gasteiger partial charge in [-0.25, -0.2) is 0 Å². The van der Waals surface area contributed by atoms with E-state index in [-0.39, 0.29) is 5.56 Å². The first-order valence-electron chi connectivity index (χ1n) is 8.88. The Balaban J connectivity index is 1.60. The first kappa shape index (κ1) is 17.9. The first-order chi connectivity index (χ1) is 12.2. The van der Waals surface area contributed by atoms with E-state index in [9.17, 15) is 4.79 Å². The molecule has 3 rings (SSSR count). The lowest BCUT2D eigenvalue weighted by Crippen LogP contribution is -2.23. The van der Waals surface area contributed by atoms with Gasteiger partial charge in [0.05, 0.1) is 6.21 Å². The van der Waals surface area contributed by atoms with Gasteiger partial charge in [-0.2, -0.15) is 0 Å². The van der Waals surface area contributed by atoms with E-state index in [1.54, 1.807) is 17.6 Å². The molecule has 6 heteroatoms. The van der Waals surface area contributed by atoms with E-state index in [0.29, 0.717) is 6.61 Å². The number of aromatic amines is 1. The van der Waals surface area contributed by atoms with Crippen LogP contribution in [0.15, 0.2) is 28.1 Å². The largest absolute Gasteiger partial charge is 0.394 e. The quantitative estimate of drug-likeness (QED) is 0.468. The SMILES string of the molecule is CCc1cc(-c2ccc(/C=N/OCCN3CCCC3)s2)c(C)[nH]c1=O. The highest BCUT2D eigenvalue weighted by atomic mass is 32.1. The molecule has 2 aromatic heterocycles. The molecule has 0 atom stereocenters. The van der Waals surface area contributed by atoms with Crippen LogP contribution in [0.25, 0.3) is 10.4 Å². The number of hydrogen-bond donors (Lipinski definition) is 1. The van der Waals surface area contributed by atoms with E-state index in [0.717, 1.165) is 39.5 Å². The molecule has 0 unspecified atom stereocenters. The molecule has 3 heterocycles. The molecular weight excluding hydrogens is 334 g/mol. The van der Waals surface area contributed by atoms with Crippen molar-refractivity contribution >= 4 is 17.6 Å². The second-order valence-corrected chi connectivity index (χ2v) is 7.45. The van der Waals surface area contributed by atoms with Crippen molar-refractivity contribution in [2.24, 2.45) is 5.16 Å². The fraction of sp³-hybridized carbons (Fsp3) is 0.474. The fourth-order valence-corrected chi connectivity index (χ4v) is 4.01. The molecule has 0 bridgehead atoms. The Morgan fingerprint density at radius 1 is 1.36 bits per heavy atom. The molecule has 25 heavy (non-hydrogen) atoms. The summed E-state index contributed by atoms with van der Waals surface area (Å²) in [6.45, 7) is 7.87. The van der Waals surface area contributed by atoms with Gasteiger partial charge in [-0.05, 0) is 57.5 Å². The molecule has 5 nitrogen and oxygen atoms in total. The topological polar surface area (TPSA) is 57.7 Å². The van der Waals surface area contributed by atoms with Gasteiger partial charge in [0.25, 0.3) is 5.56 Å². The molecule has 0 amide bonds. The van der Waals surface area contributed by atoms with Crippen LogP contribution in [0, 0.1) is 6.92 Å². The highest BCUT2D eigenvalue weighted by molar-refractivity contribution is 7.17. The van der Waals surface area contributed by atoms with Gasteiger partial charge in [-0.15, -0.1) is 11.3 Å². The Labute approximate surface area is 152 Å². The number of likely N-dealkylation sites (tertiary alicyclic amines) is 1. The Morgan fingerprint density at radius 2 is 2.16 bits per heavy atom. The zero-order valence-electron chi connectivity index (χ0n) is 14.9. The van der Waals surface area contributed by atoms with Crippen LogP contribution in [-0.4, -0.2) is 42.3 Å². The zero-order valence-corrected chi connectivity index (χ0v) is 15.7. The van der Waals surface area contributed by atoms with Gasteiger partial charge in [0.1, 0.15) is 6.61 Å². The minimum Gasteiger partial charge on any atom is -0.394 e. The number of pyridine rings is 1. The minimum atomic E-state index is 0.00787. The molecule has 0 aliphatic carbocycles. The van der Waals surface area contributed by atoms with Crippen LogP contribution in [-0.2, 0) is 11.3 Å². The molecule has 1 aliphatic heterocycles. The number of aryl methyl sites for hydroxylation is 2. The molecule has 0 aromatic carbocycles. The van der Waals surface area contributed by atoms with Crippen LogP contribution in [0.1, 0.15) is 35.9 Å². The lowest BCUT2D eigenvalue weighted by Gasteiger charge is -2.12. The predicted octanol–water partition coefficient (Wildman–Crippen LogP) is 3.42. The number of oxime groups is 1. The Kier molecular flexibility index (Phi) is 6.04. The molecular formula is C19H25N3O2S. The second kappa shape index (κ2) is 8.45. The third-order valence-electron chi connectivity index (χ3n) is 4.54. The molecule has 1 saturated heterocycles. The van der Waals surface area contributed by atoms with E-state index in [1.165, 1.54) is 25.9 Å². The predicted molar refractivity (Wildman–Crippen MR) is 104 cm³/mol. The van der Waals surface area contributed by atoms with Crippen molar-refractivity contribution in [3.8, 4) is 10.4 Å². The lowest BCUT2D eigenvalue weighted by atomic mass is 10.1. The smallest absolute Gasteiger partial charge is 0.251 e. The van der Waals surface area contributed by atoms with Gasteiger partial charge >= 0.3 is 0 Å². The Morgan fingerprint density at radius 3 is 2.92 bits per heavy atom. The van der Waals surface area contributed by atoms with E-state index in [1.807, 2.05) is 26.0 Å². The molecule has 134 valence electrons. The summed E-state index contributed by atoms with van der Waals surface area (Å²) >= 11 is 1.65. The van der Waals surface area contributed by atoms with Gasteiger partial charge < -0.3 is 9.82 Å². The van der Waals surface area contributed by atoms with Gasteiger partial charge in [0, 0.05) is 33.1 Å². The lowest BCUT2D eigenvalue weighted by molar-refractivity contribution is 0.120. The van der Waals surface area contributed by atoms with Crippen molar-refractivity contribution in [3.63, 3.8) is 0 Å². The maximum Gasteiger partial charge on any atom is 0.251 e. The van der Waals surface area contributed by atoms with Crippen molar-refractivity contribution < 1.29 is 4.84 Å². The molecule has 0 radical (unpaired) electrons. The third-order valence-corrected chi connectivity index (χ3v) is 5.59. The van der Waals surface area contributed by atoms with Crippen LogP contribution >= 0.6 is 11.3 Å². The van der Waals surface area contributed by atoms with E-state index < -0.39 is 0 Å². The molecule has 1 N–H and O–H groups in total. The highest BCUT2D eigenvalue weighted by Gasteiger charge is 2.11. The first-order valence-corrected chi connectivity index (χ1v) is 9.69. The van der Waals surface area contributed by atoms with Crippen molar-refractivity contribution in [1.82, 2.24) is 9.88 Å². The normalized spacial score (nSPS) is 15.3. The number of nitrogens with one attached hydrogen (secondary N) is 1. The Hall–Kier alpha value is -1.92. The van der Waals surface area contributed by atoms with Gasteiger partial charge in [-0.3, -0.25) is 9.69 Å². The number of nitrogens with zero attached hydrogens (tertiary/aromatic N) is 2. The Bertz CT molecular complexity index is 788. The molecule has 1 fully saturated rings. The molecule has 2 aromatic rings. The monoisotopic (exact) mass is 359 g/mol. The van der Waals surface area contributed by atoms with Gasteiger partial charge in [0.15, 0.2) is 0 Å². The summed E-state index contributed by atoms with van der Waals surface area (Å²) < 4.78 is 0. The summed E-state index contributed by atoms with van der Waals surface area (Å²) in [5.41, 5.74) is 2.80. The average molecular weight is 359 g/mol. The van der Waals surface area contributed by atoms with Gasteiger partial charge in [-0.1, -0.05) is 12.1 Å². The summed E-state index contributed by atoms with van der Waals surface area (Å²) in [5.74, 6) is 0. The van der Waals surface area contributed by atoms with Crippen LogP contribution in [0.5, 0.6) is 0 Å². The van der Waals surface area contributed by atoms with E-state index in [4.69, 9.17) is 4.84 Å². The summed E-state index contributed by atoms with van der Waals surface area (Å²) in [4.78, 5) is 24.8. The van der Waals surface area contributed by atoms with Crippen LogP contribution < -0.4 is 5.56 Å². The zero-order chi connectivity index (χ0) is 17.6. The number of rotatable bonds is 7. The maximum atomic E-state index is 11.9. The molecule has 1 aliphatic rings. The van der Waals surface area contributed by atoms with Crippen molar-refractivity contribution in [2.45, 2.75) is 33.1 Å². The van der Waals surface area contributed by atoms with Crippen molar-refractivity contribution in [3.05, 3.63) is 44.7 Å². The van der Waals surface area contributed by atoms with E-state index >= 15 is 0 Å². The molecule has 0 spiro atoms. The van der Waals surface area contributed by atoms with Crippen LogP contribution in [0.2, 0.25) is 0 Å². The van der Waals surface area contributed by atoms with Crippen molar-refractivity contribution in [2.75, 3.05) is 26.2 Å².